The molecule has 2 aliphatic heterocycles. The molecular weight excluding hydrogens is 390 g/mol. The molecule has 8 heteroatoms. The standard InChI is InChI=1S/C21H23N3O4S/c1-15-7-8-17(13-16(15)2)29(27,28)23-11-9-22(10-12-23)14-24-19-6-4-3-5-18(19)20(25)21(24)26/h3-8,13H,9-12,14H2,1-2H3/p+1. The van der Waals surface area contributed by atoms with Crippen LogP contribution in [0, 0.1) is 13.8 Å². The number of rotatable bonds is 4. The van der Waals surface area contributed by atoms with Gasteiger partial charge in [-0.15, -0.1) is 0 Å². The highest BCUT2D eigenvalue weighted by Gasteiger charge is 2.39. The Morgan fingerprint density at radius 2 is 1.66 bits per heavy atom. The number of Topliss-reactive ketones (excluding diaryl/α,β-unsaturated/α-hetero) is 1. The van der Waals surface area contributed by atoms with Crippen LogP contribution in [0.25, 0.3) is 0 Å². The number of sulfonamides is 1. The van der Waals surface area contributed by atoms with E-state index in [-0.39, 0.29) is 0 Å². The maximum atomic E-state index is 13.0. The molecule has 0 saturated carbocycles. The van der Waals surface area contributed by atoms with Gasteiger partial charge in [0.05, 0.1) is 42.3 Å². The highest BCUT2D eigenvalue weighted by Crippen LogP contribution is 2.27. The summed E-state index contributed by atoms with van der Waals surface area (Å²) in [5, 5.41) is 0. The van der Waals surface area contributed by atoms with Gasteiger partial charge in [0, 0.05) is 0 Å². The molecule has 0 aromatic heterocycles. The average Bonchev–Trinajstić information content (AvgIpc) is 2.95. The second kappa shape index (κ2) is 7.37. The molecule has 4 rings (SSSR count). The van der Waals surface area contributed by atoms with Crippen LogP contribution in [-0.2, 0) is 14.8 Å². The highest BCUT2D eigenvalue weighted by molar-refractivity contribution is 7.89. The van der Waals surface area contributed by atoms with Gasteiger partial charge in [-0.3, -0.25) is 14.5 Å². The molecule has 29 heavy (non-hydrogen) atoms. The smallest absolute Gasteiger partial charge is 0.303 e. The lowest BCUT2D eigenvalue weighted by molar-refractivity contribution is -0.902. The van der Waals surface area contributed by atoms with Gasteiger partial charge in [0.15, 0.2) is 6.67 Å². The van der Waals surface area contributed by atoms with Crippen LogP contribution in [0.15, 0.2) is 47.4 Å². The SMILES string of the molecule is Cc1ccc(S(=O)(=O)N2CC[NH+](CN3C(=O)C(=O)c4ccccc43)CC2)cc1C. The minimum Gasteiger partial charge on any atom is -0.315 e. The summed E-state index contributed by atoms with van der Waals surface area (Å²) in [6.07, 6.45) is 0. The fraction of sp³-hybridized carbons (Fsp3) is 0.333. The number of carbonyl (C=O) groups excluding carboxylic acids is 2. The number of nitrogens with one attached hydrogen (secondary N) is 1. The molecule has 1 saturated heterocycles. The first-order valence-electron chi connectivity index (χ1n) is 9.65. The van der Waals surface area contributed by atoms with Crippen molar-refractivity contribution in [1.82, 2.24) is 4.31 Å². The molecule has 1 amide bonds. The van der Waals surface area contributed by atoms with Crippen LogP contribution < -0.4 is 9.80 Å². The Balaban J connectivity index is 1.44. The summed E-state index contributed by atoms with van der Waals surface area (Å²) in [5.74, 6) is -0.986. The van der Waals surface area contributed by atoms with Gasteiger partial charge in [0.25, 0.3) is 5.78 Å². The Hall–Kier alpha value is -2.55. The van der Waals surface area contributed by atoms with Crippen LogP contribution >= 0.6 is 0 Å². The summed E-state index contributed by atoms with van der Waals surface area (Å²) in [6.45, 7) is 6.12. The largest absolute Gasteiger partial charge is 0.315 e. The van der Waals surface area contributed by atoms with E-state index >= 15 is 0 Å². The summed E-state index contributed by atoms with van der Waals surface area (Å²) in [6, 6.07) is 12.2. The van der Waals surface area contributed by atoms with E-state index < -0.39 is 21.7 Å². The molecule has 7 nitrogen and oxygen atoms in total. The van der Waals surface area contributed by atoms with E-state index in [1.807, 2.05) is 19.9 Å². The topological polar surface area (TPSA) is 79.2 Å². The first-order valence-corrected chi connectivity index (χ1v) is 11.1. The molecule has 152 valence electrons. The van der Waals surface area contributed by atoms with Gasteiger partial charge in [0.1, 0.15) is 0 Å². The van der Waals surface area contributed by atoms with Gasteiger partial charge >= 0.3 is 5.91 Å². The number of piperazine rings is 1. The predicted molar refractivity (Wildman–Crippen MR) is 108 cm³/mol. The molecule has 0 aliphatic carbocycles. The monoisotopic (exact) mass is 414 g/mol. The molecule has 2 heterocycles. The number of carbonyl (C=O) groups is 2. The molecule has 0 radical (unpaired) electrons. The van der Waals surface area contributed by atoms with Crippen LogP contribution in [0.5, 0.6) is 0 Å². The average molecular weight is 415 g/mol. The Morgan fingerprint density at radius 1 is 0.966 bits per heavy atom. The van der Waals surface area contributed by atoms with E-state index in [9.17, 15) is 18.0 Å². The summed E-state index contributed by atoms with van der Waals surface area (Å²) in [5.41, 5.74) is 3.09. The van der Waals surface area contributed by atoms with Gasteiger partial charge in [-0.25, -0.2) is 8.42 Å². The molecule has 2 aromatic carbocycles. The number of hydrogen-bond donors (Lipinski definition) is 1. The first kappa shape index (κ1) is 19.8. The Kier molecular flexibility index (Phi) is 5.02. The fourth-order valence-corrected chi connectivity index (χ4v) is 5.38. The van der Waals surface area contributed by atoms with Gasteiger partial charge in [-0.1, -0.05) is 18.2 Å². The van der Waals surface area contributed by atoms with Gasteiger partial charge in [-0.2, -0.15) is 4.31 Å². The van der Waals surface area contributed by atoms with E-state index in [2.05, 4.69) is 0 Å². The van der Waals surface area contributed by atoms with Crippen molar-refractivity contribution in [3.05, 3.63) is 59.2 Å². The van der Waals surface area contributed by atoms with Crippen LogP contribution in [0.4, 0.5) is 5.69 Å². The molecule has 0 atom stereocenters. The normalized spacial score (nSPS) is 18.3. The van der Waals surface area contributed by atoms with Crippen molar-refractivity contribution in [2.24, 2.45) is 0 Å². The fourth-order valence-electron chi connectivity index (χ4n) is 3.85. The van der Waals surface area contributed by atoms with E-state index in [0.29, 0.717) is 49.0 Å². The van der Waals surface area contributed by atoms with Crippen LogP contribution in [0.1, 0.15) is 21.5 Å². The molecule has 2 aliphatic rings. The first-order chi connectivity index (χ1) is 13.8. The number of aryl methyl sites for hydroxylation is 2. The Morgan fingerprint density at radius 3 is 2.34 bits per heavy atom. The third kappa shape index (κ3) is 3.48. The van der Waals surface area contributed by atoms with Gasteiger partial charge in [0.2, 0.25) is 10.0 Å². The van der Waals surface area contributed by atoms with Crippen LogP contribution in [0.2, 0.25) is 0 Å². The highest BCUT2D eigenvalue weighted by atomic mass is 32.2. The van der Waals surface area contributed by atoms with Crippen molar-refractivity contribution in [2.75, 3.05) is 37.7 Å². The van der Waals surface area contributed by atoms with E-state index in [4.69, 9.17) is 0 Å². The molecule has 0 bridgehead atoms. The summed E-state index contributed by atoms with van der Waals surface area (Å²) >= 11 is 0. The van der Waals surface area contributed by atoms with Crippen molar-refractivity contribution < 1.29 is 22.9 Å². The second-order valence-electron chi connectivity index (χ2n) is 7.64. The maximum absolute atomic E-state index is 13.0. The second-order valence-corrected chi connectivity index (χ2v) is 9.58. The molecule has 0 unspecified atom stereocenters. The van der Waals surface area contributed by atoms with Crippen molar-refractivity contribution in [3.8, 4) is 0 Å². The summed E-state index contributed by atoms with van der Waals surface area (Å²) < 4.78 is 27.4. The molecule has 1 fully saturated rings. The quantitative estimate of drug-likeness (QED) is 0.734. The lowest BCUT2D eigenvalue weighted by Crippen LogP contribution is -3.16. The van der Waals surface area contributed by atoms with E-state index in [0.717, 1.165) is 16.0 Å². The van der Waals surface area contributed by atoms with Crippen molar-refractivity contribution in [3.63, 3.8) is 0 Å². The number of ketones is 1. The zero-order valence-corrected chi connectivity index (χ0v) is 17.3. The Bertz CT molecular complexity index is 1090. The number of amides is 1. The minimum atomic E-state index is -3.53. The summed E-state index contributed by atoms with van der Waals surface area (Å²) in [7, 11) is -3.53. The predicted octanol–water partition coefficient (Wildman–Crippen LogP) is 0.380. The third-order valence-corrected chi connectivity index (χ3v) is 7.70. The summed E-state index contributed by atoms with van der Waals surface area (Å²) in [4.78, 5) is 27.4. The number of nitrogens with zero attached hydrogens (tertiary/aromatic N) is 2. The Labute approximate surface area is 170 Å². The van der Waals surface area contributed by atoms with Gasteiger partial charge < -0.3 is 4.90 Å². The van der Waals surface area contributed by atoms with E-state index in [1.54, 1.807) is 36.4 Å². The minimum absolute atomic E-state index is 0.318. The number of fused-ring (bicyclic) bond motifs is 1. The molecular formula is C21H24N3O4S+. The maximum Gasteiger partial charge on any atom is 0.303 e. The molecule has 0 spiro atoms. The lowest BCUT2D eigenvalue weighted by Gasteiger charge is -2.33. The van der Waals surface area contributed by atoms with Gasteiger partial charge in [-0.05, 0) is 49.2 Å². The van der Waals surface area contributed by atoms with Crippen molar-refractivity contribution >= 4 is 27.4 Å². The van der Waals surface area contributed by atoms with E-state index in [1.165, 1.54) is 9.21 Å². The molecule has 1 N–H and O–H groups in total. The zero-order valence-electron chi connectivity index (χ0n) is 16.5. The van der Waals surface area contributed by atoms with Crippen LogP contribution in [0.3, 0.4) is 0 Å². The third-order valence-electron chi connectivity index (χ3n) is 5.81. The number of benzene rings is 2. The lowest BCUT2D eigenvalue weighted by atomic mass is 10.1. The zero-order chi connectivity index (χ0) is 20.8. The van der Waals surface area contributed by atoms with Crippen molar-refractivity contribution in [2.45, 2.75) is 18.7 Å². The number of hydrogen-bond acceptors (Lipinski definition) is 4. The number of para-hydroxylation sites is 1. The van der Waals surface area contributed by atoms with Crippen molar-refractivity contribution in [1.29, 1.82) is 0 Å². The molecule has 2 aromatic rings. The van der Waals surface area contributed by atoms with Crippen LogP contribution in [-0.4, -0.2) is 57.3 Å². The number of anilines is 1. The number of quaternary nitrogens is 1.